The molecule has 0 saturated heterocycles. The molecule has 1 rings (SSSR count). The van der Waals surface area contributed by atoms with Gasteiger partial charge in [-0.05, 0) is 18.8 Å². The van der Waals surface area contributed by atoms with Crippen LogP contribution in [-0.4, -0.2) is 30.6 Å². The van der Waals surface area contributed by atoms with Crippen molar-refractivity contribution < 1.29 is 0 Å². The average molecular weight is 236 g/mol. The Morgan fingerprint density at radius 3 is 2.59 bits per heavy atom. The molecule has 1 heterocycles. The Labute approximate surface area is 104 Å². The first kappa shape index (κ1) is 13.7. The summed E-state index contributed by atoms with van der Waals surface area (Å²) in [6.07, 6.45) is 3.75. The van der Waals surface area contributed by atoms with E-state index >= 15 is 0 Å². The van der Waals surface area contributed by atoms with Crippen molar-refractivity contribution in [2.75, 3.05) is 30.9 Å². The molecule has 0 saturated carbocycles. The van der Waals surface area contributed by atoms with Gasteiger partial charge in [-0.2, -0.15) is 0 Å². The van der Waals surface area contributed by atoms with Crippen LogP contribution in [-0.2, 0) is 6.42 Å². The molecule has 0 bridgehead atoms. The zero-order valence-corrected chi connectivity index (χ0v) is 11.6. The predicted octanol–water partition coefficient (Wildman–Crippen LogP) is 2.56. The van der Waals surface area contributed by atoms with Gasteiger partial charge in [0, 0.05) is 26.2 Å². The molecule has 1 aromatic heterocycles. The first-order valence-electron chi connectivity index (χ1n) is 6.32. The van der Waals surface area contributed by atoms with Crippen molar-refractivity contribution in [2.45, 2.75) is 33.6 Å². The molecule has 4 heteroatoms. The Bertz CT molecular complexity index is 349. The Balaban J connectivity index is 2.88. The van der Waals surface area contributed by atoms with Gasteiger partial charge < -0.3 is 10.2 Å². The van der Waals surface area contributed by atoms with Crippen molar-refractivity contribution in [3.63, 3.8) is 0 Å². The van der Waals surface area contributed by atoms with E-state index in [9.17, 15) is 0 Å². The van der Waals surface area contributed by atoms with E-state index < -0.39 is 0 Å². The second kappa shape index (κ2) is 6.42. The fraction of sp³-hybridized carbons (Fsp3) is 0.692. The minimum Gasteiger partial charge on any atom is -0.373 e. The van der Waals surface area contributed by atoms with E-state index in [4.69, 9.17) is 0 Å². The van der Waals surface area contributed by atoms with Crippen molar-refractivity contribution in [3.05, 3.63) is 11.9 Å². The summed E-state index contributed by atoms with van der Waals surface area (Å²) in [6.45, 7) is 7.66. The van der Waals surface area contributed by atoms with E-state index in [1.54, 1.807) is 6.33 Å². The normalized spacial score (nSPS) is 10.7. The lowest BCUT2D eigenvalue weighted by atomic mass is 10.1. The number of nitrogens with one attached hydrogen (secondary N) is 1. The van der Waals surface area contributed by atoms with E-state index in [1.807, 2.05) is 7.05 Å². The van der Waals surface area contributed by atoms with Crippen LogP contribution in [0.5, 0.6) is 0 Å². The fourth-order valence-corrected chi connectivity index (χ4v) is 1.83. The molecule has 0 spiro atoms. The highest BCUT2D eigenvalue weighted by Gasteiger charge is 2.12. The van der Waals surface area contributed by atoms with Crippen molar-refractivity contribution in [2.24, 2.45) is 5.92 Å². The van der Waals surface area contributed by atoms with Crippen molar-refractivity contribution >= 4 is 11.6 Å². The summed E-state index contributed by atoms with van der Waals surface area (Å²) in [4.78, 5) is 10.9. The van der Waals surface area contributed by atoms with Gasteiger partial charge >= 0.3 is 0 Å². The zero-order chi connectivity index (χ0) is 12.8. The van der Waals surface area contributed by atoms with Crippen LogP contribution in [0.3, 0.4) is 0 Å². The fourth-order valence-electron chi connectivity index (χ4n) is 1.83. The van der Waals surface area contributed by atoms with Crippen LogP contribution in [0.2, 0.25) is 0 Å². The van der Waals surface area contributed by atoms with Crippen molar-refractivity contribution in [3.8, 4) is 0 Å². The highest BCUT2D eigenvalue weighted by Crippen LogP contribution is 2.23. The van der Waals surface area contributed by atoms with Crippen LogP contribution in [0.15, 0.2) is 6.33 Å². The molecule has 0 atom stereocenters. The van der Waals surface area contributed by atoms with Crippen LogP contribution >= 0.6 is 0 Å². The summed E-state index contributed by atoms with van der Waals surface area (Å²) in [7, 11) is 4.00. The summed E-state index contributed by atoms with van der Waals surface area (Å²) in [5.74, 6) is 2.70. The standard InChI is InChI=1S/C13H24N4/c1-6-11-12(14-4)15-9-16-13(11)17(5)8-7-10(2)3/h9-10H,6-8H2,1-5H3,(H,14,15,16). The van der Waals surface area contributed by atoms with Gasteiger partial charge in [0.05, 0.1) is 0 Å². The van der Waals surface area contributed by atoms with Crippen molar-refractivity contribution in [1.82, 2.24) is 9.97 Å². The Morgan fingerprint density at radius 1 is 1.35 bits per heavy atom. The lowest BCUT2D eigenvalue weighted by Gasteiger charge is -2.22. The molecule has 1 N–H and O–H groups in total. The number of rotatable bonds is 6. The molecule has 4 nitrogen and oxygen atoms in total. The predicted molar refractivity (Wildman–Crippen MR) is 73.7 cm³/mol. The summed E-state index contributed by atoms with van der Waals surface area (Å²) in [5.41, 5.74) is 1.20. The van der Waals surface area contributed by atoms with E-state index in [0.717, 1.165) is 24.6 Å². The number of hydrogen-bond donors (Lipinski definition) is 1. The van der Waals surface area contributed by atoms with Gasteiger partial charge in [-0.15, -0.1) is 0 Å². The molecule has 0 aliphatic heterocycles. The molecule has 0 aliphatic rings. The molecule has 0 unspecified atom stereocenters. The highest BCUT2D eigenvalue weighted by molar-refractivity contribution is 5.58. The lowest BCUT2D eigenvalue weighted by Crippen LogP contribution is -2.23. The first-order chi connectivity index (χ1) is 8.10. The van der Waals surface area contributed by atoms with Gasteiger partial charge in [-0.25, -0.2) is 9.97 Å². The van der Waals surface area contributed by atoms with Crippen LogP contribution in [0.4, 0.5) is 11.6 Å². The number of aromatic nitrogens is 2. The van der Waals surface area contributed by atoms with Gasteiger partial charge in [-0.1, -0.05) is 20.8 Å². The van der Waals surface area contributed by atoms with Gasteiger partial charge in [-0.3, -0.25) is 0 Å². The summed E-state index contributed by atoms with van der Waals surface area (Å²) < 4.78 is 0. The molecule has 0 fully saturated rings. The van der Waals surface area contributed by atoms with E-state index in [2.05, 4.69) is 48.0 Å². The van der Waals surface area contributed by atoms with Crippen LogP contribution in [0, 0.1) is 5.92 Å². The van der Waals surface area contributed by atoms with Gasteiger partial charge in [0.25, 0.3) is 0 Å². The van der Waals surface area contributed by atoms with E-state index in [-0.39, 0.29) is 0 Å². The third-order valence-corrected chi connectivity index (χ3v) is 2.92. The van der Waals surface area contributed by atoms with Gasteiger partial charge in [0.1, 0.15) is 18.0 Å². The highest BCUT2D eigenvalue weighted by atomic mass is 15.2. The summed E-state index contributed by atoms with van der Waals surface area (Å²) in [5, 5.41) is 3.13. The molecule has 0 aromatic carbocycles. The van der Waals surface area contributed by atoms with E-state index in [0.29, 0.717) is 5.92 Å². The maximum absolute atomic E-state index is 4.41. The molecular formula is C13H24N4. The van der Waals surface area contributed by atoms with Gasteiger partial charge in [0.2, 0.25) is 0 Å². The summed E-state index contributed by atoms with van der Waals surface area (Å²) in [6, 6.07) is 0. The first-order valence-corrected chi connectivity index (χ1v) is 6.32. The second-order valence-electron chi connectivity index (χ2n) is 4.73. The van der Waals surface area contributed by atoms with E-state index in [1.165, 1.54) is 12.0 Å². The number of nitrogens with zero attached hydrogens (tertiary/aromatic N) is 3. The lowest BCUT2D eigenvalue weighted by molar-refractivity contribution is 0.583. The molecule has 0 amide bonds. The largest absolute Gasteiger partial charge is 0.373 e. The molecular weight excluding hydrogens is 212 g/mol. The van der Waals surface area contributed by atoms with Gasteiger partial charge in [0.15, 0.2) is 0 Å². The topological polar surface area (TPSA) is 41.1 Å². The molecule has 0 radical (unpaired) electrons. The van der Waals surface area contributed by atoms with Crippen LogP contribution < -0.4 is 10.2 Å². The van der Waals surface area contributed by atoms with Crippen LogP contribution in [0.25, 0.3) is 0 Å². The van der Waals surface area contributed by atoms with Crippen LogP contribution in [0.1, 0.15) is 32.8 Å². The molecule has 0 aliphatic carbocycles. The number of anilines is 2. The SMILES string of the molecule is CCc1c(NC)ncnc1N(C)CCC(C)C. The summed E-state index contributed by atoms with van der Waals surface area (Å²) >= 11 is 0. The monoisotopic (exact) mass is 236 g/mol. The maximum atomic E-state index is 4.41. The minimum absolute atomic E-state index is 0.716. The molecule has 17 heavy (non-hydrogen) atoms. The third kappa shape index (κ3) is 3.58. The average Bonchev–Trinajstić information content (AvgIpc) is 2.34. The Hall–Kier alpha value is -1.32. The second-order valence-corrected chi connectivity index (χ2v) is 4.73. The third-order valence-electron chi connectivity index (χ3n) is 2.92. The smallest absolute Gasteiger partial charge is 0.137 e. The Kier molecular flexibility index (Phi) is 5.19. The zero-order valence-electron chi connectivity index (χ0n) is 11.6. The molecule has 1 aromatic rings. The quantitative estimate of drug-likeness (QED) is 0.824. The number of hydrogen-bond acceptors (Lipinski definition) is 4. The Morgan fingerprint density at radius 2 is 2.06 bits per heavy atom. The maximum Gasteiger partial charge on any atom is 0.137 e. The van der Waals surface area contributed by atoms with Crippen molar-refractivity contribution in [1.29, 1.82) is 0 Å². The minimum atomic E-state index is 0.716. The molecule has 96 valence electrons.